The standard InChI is InChI=1S/C30H31F2N3O5/c1-34-17-22(21-6-2-3-7-24(21)34)28-33-23-13-10-19(26(31)27(23)39-28)16-25(36)30(32,35-14-4-5-15-35)40-20-11-8-18(9-12-20)29(37)38/h2-3,6-7,10,13,17-18,20H,4-5,8-9,11-12,14-16H2,1H3,(H,37,38)/t18-,20-,30?. The number of para-hydroxylation sites is 1. The second-order valence-electron chi connectivity index (χ2n) is 10.9. The van der Waals surface area contributed by atoms with Gasteiger partial charge in [-0.15, -0.1) is 0 Å². The maximum atomic E-state index is 16.5. The van der Waals surface area contributed by atoms with Crippen LogP contribution in [-0.2, 0) is 27.8 Å². The van der Waals surface area contributed by atoms with Crippen LogP contribution >= 0.6 is 0 Å². The van der Waals surface area contributed by atoms with Crippen molar-refractivity contribution in [2.24, 2.45) is 13.0 Å². The second-order valence-corrected chi connectivity index (χ2v) is 10.9. The van der Waals surface area contributed by atoms with Crippen LogP contribution in [0.3, 0.4) is 0 Å². The molecule has 1 aliphatic carbocycles. The predicted molar refractivity (Wildman–Crippen MR) is 144 cm³/mol. The second kappa shape index (κ2) is 10.4. The lowest BCUT2D eigenvalue weighted by Crippen LogP contribution is -2.54. The van der Waals surface area contributed by atoms with Gasteiger partial charge in [-0.05, 0) is 56.2 Å². The quantitative estimate of drug-likeness (QED) is 0.284. The zero-order chi connectivity index (χ0) is 28.0. The number of nitrogens with zero attached hydrogens (tertiary/aromatic N) is 3. The minimum Gasteiger partial charge on any atom is -0.481 e. The molecular weight excluding hydrogens is 520 g/mol. The van der Waals surface area contributed by atoms with Crippen LogP contribution in [0.4, 0.5) is 8.78 Å². The van der Waals surface area contributed by atoms with Crippen molar-refractivity contribution < 1.29 is 32.6 Å². The molecule has 2 aromatic heterocycles. The normalized spacial score (nSPS) is 21.7. The number of Topliss-reactive ketones (excluding diaryl/α,β-unsaturated/α-hetero) is 1. The molecule has 1 unspecified atom stereocenters. The summed E-state index contributed by atoms with van der Waals surface area (Å²) in [5, 5.41) is 10.2. The maximum Gasteiger partial charge on any atom is 0.330 e. The first kappa shape index (κ1) is 26.6. The Morgan fingerprint density at radius 3 is 2.58 bits per heavy atom. The molecule has 2 aliphatic rings. The molecule has 10 heteroatoms. The van der Waals surface area contributed by atoms with Crippen molar-refractivity contribution in [3.05, 3.63) is 54.0 Å². The lowest BCUT2D eigenvalue weighted by molar-refractivity contribution is -0.252. The number of fused-ring (bicyclic) bond motifs is 2. The Kier molecular flexibility index (Phi) is 6.92. The van der Waals surface area contributed by atoms with E-state index in [4.69, 9.17) is 9.15 Å². The molecule has 1 atom stereocenters. The van der Waals surface area contributed by atoms with Crippen molar-refractivity contribution in [1.82, 2.24) is 14.5 Å². The summed E-state index contributed by atoms with van der Waals surface area (Å²) in [5.74, 6) is -5.46. The van der Waals surface area contributed by atoms with E-state index in [1.807, 2.05) is 42.1 Å². The number of likely N-dealkylation sites (tertiary alicyclic amines) is 1. The monoisotopic (exact) mass is 551 g/mol. The molecule has 1 N–H and O–H groups in total. The van der Waals surface area contributed by atoms with Crippen molar-refractivity contribution >= 4 is 33.8 Å². The van der Waals surface area contributed by atoms with E-state index in [0.29, 0.717) is 49.9 Å². The first-order chi connectivity index (χ1) is 19.2. The molecule has 210 valence electrons. The fourth-order valence-corrected chi connectivity index (χ4v) is 6.02. The molecule has 2 fully saturated rings. The number of halogens is 2. The molecule has 3 heterocycles. The number of carbonyl (C=O) groups is 2. The van der Waals surface area contributed by atoms with E-state index < -0.39 is 42.0 Å². The van der Waals surface area contributed by atoms with E-state index in [1.165, 1.54) is 11.0 Å². The number of aromatic nitrogens is 2. The molecule has 1 saturated carbocycles. The zero-order valence-corrected chi connectivity index (χ0v) is 22.2. The van der Waals surface area contributed by atoms with E-state index in [0.717, 1.165) is 23.7 Å². The highest BCUT2D eigenvalue weighted by Crippen LogP contribution is 2.36. The maximum absolute atomic E-state index is 16.5. The molecular formula is C30H31F2N3O5. The number of oxazole rings is 1. The topological polar surface area (TPSA) is 97.8 Å². The molecule has 2 aromatic carbocycles. The van der Waals surface area contributed by atoms with Crippen LogP contribution in [0, 0.1) is 11.7 Å². The van der Waals surface area contributed by atoms with Crippen LogP contribution < -0.4 is 0 Å². The van der Waals surface area contributed by atoms with E-state index in [2.05, 4.69) is 4.98 Å². The summed E-state index contributed by atoms with van der Waals surface area (Å²) in [5.41, 5.74) is 1.90. The summed E-state index contributed by atoms with van der Waals surface area (Å²) in [4.78, 5) is 30.6. The van der Waals surface area contributed by atoms with Gasteiger partial charge in [0.15, 0.2) is 11.4 Å². The summed E-state index contributed by atoms with van der Waals surface area (Å²) in [6, 6.07) is 10.8. The smallest absolute Gasteiger partial charge is 0.330 e. The van der Waals surface area contributed by atoms with Crippen LogP contribution in [0.25, 0.3) is 33.5 Å². The van der Waals surface area contributed by atoms with Crippen molar-refractivity contribution in [3.8, 4) is 11.5 Å². The highest BCUT2D eigenvalue weighted by Gasteiger charge is 2.49. The number of carboxylic acid groups (broad SMARTS) is 1. The number of carbonyl (C=O) groups excluding carboxylic acids is 1. The Bertz CT molecular complexity index is 1580. The number of benzene rings is 2. The number of ketones is 1. The third-order valence-corrected chi connectivity index (χ3v) is 8.26. The molecule has 40 heavy (non-hydrogen) atoms. The number of alkyl halides is 1. The summed E-state index contributed by atoms with van der Waals surface area (Å²) in [6.45, 7) is 0.704. The van der Waals surface area contributed by atoms with Gasteiger partial charge in [0.25, 0.3) is 0 Å². The highest BCUT2D eigenvalue weighted by atomic mass is 19.2. The Hall–Kier alpha value is -3.63. The summed E-state index contributed by atoms with van der Waals surface area (Å²) < 4.78 is 45.8. The molecule has 6 rings (SSSR count). The van der Waals surface area contributed by atoms with Gasteiger partial charge in [-0.3, -0.25) is 9.59 Å². The molecule has 0 amide bonds. The fraction of sp³-hybridized carbons (Fsp3) is 0.433. The van der Waals surface area contributed by atoms with Crippen molar-refractivity contribution in [2.45, 2.75) is 57.0 Å². The molecule has 0 spiro atoms. The molecule has 8 nitrogen and oxygen atoms in total. The van der Waals surface area contributed by atoms with Gasteiger partial charge in [-0.25, -0.2) is 14.3 Å². The van der Waals surface area contributed by atoms with E-state index >= 15 is 8.78 Å². The molecule has 0 bridgehead atoms. The van der Waals surface area contributed by atoms with Gasteiger partial charge in [-0.1, -0.05) is 24.3 Å². The molecule has 1 aliphatic heterocycles. The van der Waals surface area contributed by atoms with Gasteiger partial charge in [0, 0.05) is 43.7 Å². The minimum atomic E-state index is -2.71. The Morgan fingerprint density at radius 2 is 1.85 bits per heavy atom. The van der Waals surface area contributed by atoms with Crippen LogP contribution in [0.15, 0.2) is 47.0 Å². The number of aryl methyl sites for hydroxylation is 1. The largest absolute Gasteiger partial charge is 0.481 e. The SMILES string of the molecule is Cn1cc(-c2nc3ccc(CC(=O)C(F)(O[C@H]4CC[C@H](C(=O)O)CC4)N4CCCC4)c(F)c3o2)c2ccccc21. The first-order valence-corrected chi connectivity index (χ1v) is 13.7. The third-order valence-electron chi connectivity index (χ3n) is 8.26. The number of rotatable bonds is 8. The van der Waals surface area contributed by atoms with Gasteiger partial charge in [0.1, 0.15) is 5.52 Å². The lowest BCUT2D eigenvalue weighted by Gasteiger charge is -2.37. The Balaban J connectivity index is 1.26. The fourth-order valence-electron chi connectivity index (χ4n) is 6.02. The number of aliphatic carboxylic acids is 1. The van der Waals surface area contributed by atoms with Crippen molar-refractivity contribution in [2.75, 3.05) is 13.1 Å². The number of ether oxygens (including phenoxy) is 1. The number of hydrogen-bond donors (Lipinski definition) is 1. The van der Waals surface area contributed by atoms with Crippen LogP contribution in [0.1, 0.15) is 44.1 Å². The lowest BCUT2D eigenvalue weighted by atomic mass is 9.87. The molecule has 4 aromatic rings. The van der Waals surface area contributed by atoms with Crippen LogP contribution in [0.2, 0.25) is 0 Å². The summed E-state index contributed by atoms with van der Waals surface area (Å²) in [6.07, 6.45) is 3.62. The van der Waals surface area contributed by atoms with E-state index in [9.17, 15) is 14.7 Å². The van der Waals surface area contributed by atoms with Crippen LogP contribution in [0.5, 0.6) is 0 Å². The Labute approximate surface area is 229 Å². The number of hydrogen-bond acceptors (Lipinski definition) is 6. The van der Waals surface area contributed by atoms with Gasteiger partial charge < -0.3 is 18.8 Å². The highest BCUT2D eigenvalue weighted by molar-refractivity contribution is 5.95. The number of carboxylic acids is 1. The predicted octanol–water partition coefficient (Wildman–Crippen LogP) is 5.62. The van der Waals surface area contributed by atoms with Crippen molar-refractivity contribution in [1.29, 1.82) is 0 Å². The minimum absolute atomic E-state index is 0.00229. The van der Waals surface area contributed by atoms with Gasteiger partial charge >= 0.3 is 11.9 Å². The average Bonchev–Trinajstić information content (AvgIpc) is 3.70. The summed E-state index contributed by atoms with van der Waals surface area (Å²) >= 11 is 0. The van der Waals surface area contributed by atoms with Gasteiger partial charge in [0.2, 0.25) is 11.7 Å². The van der Waals surface area contributed by atoms with Gasteiger partial charge in [-0.2, -0.15) is 4.39 Å². The van der Waals surface area contributed by atoms with Gasteiger partial charge in [0.05, 0.1) is 17.6 Å². The molecule has 0 radical (unpaired) electrons. The van der Waals surface area contributed by atoms with Crippen LogP contribution in [-0.4, -0.2) is 56.5 Å². The Morgan fingerprint density at radius 1 is 1.12 bits per heavy atom. The third kappa shape index (κ3) is 4.69. The van der Waals surface area contributed by atoms with E-state index in [1.54, 1.807) is 6.07 Å². The van der Waals surface area contributed by atoms with Crippen molar-refractivity contribution in [3.63, 3.8) is 0 Å². The average molecular weight is 552 g/mol. The zero-order valence-electron chi connectivity index (χ0n) is 22.2. The summed E-state index contributed by atoms with van der Waals surface area (Å²) in [7, 11) is 1.91. The van der Waals surface area contributed by atoms with E-state index in [-0.39, 0.29) is 17.0 Å². The first-order valence-electron chi connectivity index (χ1n) is 13.7. The molecule has 1 saturated heterocycles.